The van der Waals surface area contributed by atoms with Crippen LogP contribution in [0.3, 0.4) is 0 Å². The molecule has 1 aliphatic rings. The van der Waals surface area contributed by atoms with Crippen molar-refractivity contribution in [3.05, 3.63) is 53.1 Å². The number of aryl methyl sites for hydroxylation is 3. The molecule has 1 aliphatic heterocycles. The number of rotatable bonds is 3. The maximum atomic E-state index is 13.5. The molecule has 0 N–H and O–H groups in total. The van der Waals surface area contributed by atoms with Crippen molar-refractivity contribution in [2.45, 2.75) is 26.1 Å². The van der Waals surface area contributed by atoms with Crippen LogP contribution in [0.15, 0.2) is 30.3 Å². The Hall–Kier alpha value is -3.09. The zero-order chi connectivity index (χ0) is 20.0. The third kappa shape index (κ3) is 3.17. The molecule has 3 aromatic rings. The van der Waals surface area contributed by atoms with Gasteiger partial charge < -0.3 is 18.9 Å². The molecule has 0 saturated carbocycles. The summed E-state index contributed by atoms with van der Waals surface area (Å²) in [4.78, 5) is 18.6. The number of imidazole rings is 1. The Morgan fingerprint density at radius 2 is 2.11 bits per heavy atom. The van der Waals surface area contributed by atoms with Gasteiger partial charge in [0.25, 0.3) is 5.91 Å². The van der Waals surface area contributed by atoms with Gasteiger partial charge in [-0.25, -0.2) is 9.37 Å². The van der Waals surface area contributed by atoms with Gasteiger partial charge in [0.1, 0.15) is 22.9 Å². The smallest absolute Gasteiger partial charge is 0.253 e. The van der Waals surface area contributed by atoms with Gasteiger partial charge in [-0.3, -0.25) is 4.79 Å². The van der Waals surface area contributed by atoms with Crippen LogP contribution in [0.2, 0.25) is 0 Å². The van der Waals surface area contributed by atoms with Gasteiger partial charge >= 0.3 is 0 Å². The molecule has 1 atom stereocenters. The predicted molar refractivity (Wildman–Crippen MR) is 103 cm³/mol. The minimum Gasteiger partial charge on any atom is -0.455 e. The quantitative estimate of drug-likeness (QED) is 0.695. The lowest BCUT2D eigenvalue weighted by molar-refractivity contribution is -0.00911. The fraction of sp³-hybridized carbons (Fsp3) is 0.333. The number of hydrogen-bond acceptors (Lipinski definition) is 4. The molecule has 146 valence electrons. The first-order chi connectivity index (χ1) is 13.3. The van der Waals surface area contributed by atoms with Crippen molar-refractivity contribution in [2.24, 2.45) is 7.05 Å². The van der Waals surface area contributed by atoms with Gasteiger partial charge in [0, 0.05) is 39.2 Å². The minimum absolute atomic E-state index is 0.123. The number of benzene rings is 2. The summed E-state index contributed by atoms with van der Waals surface area (Å²) in [6.45, 7) is 1.90. The number of ether oxygens (including phenoxy) is 2. The van der Waals surface area contributed by atoms with E-state index in [0.29, 0.717) is 29.0 Å². The molecule has 0 fully saturated rings. The Balaban J connectivity index is 1.72. The van der Waals surface area contributed by atoms with Crippen LogP contribution in [0.25, 0.3) is 11.0 Å². The summed E-state index contributed by atoms with van der Waals surface area (Å²) in [6.07, 6.45) is 0.767. The second kappa shape index (κ2) is 6.82. The molecule has 1 aromatic heterocycles. The topological polar surface area (TPSA) is 56.6 Å². The van der Waals surface area contributed by atoms with Crippen LogP contribution in [0.1, 0.15) is 28.2 Å². The van der Waals surface area contributed by atoms with E-state index < -0.39 is 6.29 Å². The Morgan fingerprint density at radius 3 is 2.86 bits per heavy atom. The van der Waals surface area contributed by atoms with E-state index in [-0.39, 0.29) is 11.7 Å². The van der Waals surface area contributed by atoms with Crippen molar-refractivity contribution in [1.29, 1.82) is 0 Å². The molecule has 0 spiro atoms. The number of carbonyl (C=O) groups excluding carboxylic acids is 1. The van der Waals surface area contributed by atoms with Crippen molar-refractivity contribution in [2.75, 3.05) is 14.1 Å². The highest BCUT2D eigenvalue weighted by Crippen LogP contribution is 2.33. The largest absolute Gasteiger partial charge is 0.455 e. The lowest BCUT2D eigenvalue weighted by Crippen LogP contribution is -2.29. The van der Waals surface area contributed by atoms with Crippen LogP contribution in [-0.2, 0) is 13.5 Å². The summed E-state index contributed by atoms with van der Waals surface area (Å²) in [5.41, 5.74) is 2.95. The Morgan fingerprint density at radius 1 is 1.32 bits per heavy atom. The molecule has 1 unspecified atom stereocenters. The highest BCUT2D eigenvalue weighted by molar-refractivity contribution is 5.99. The van der Waals surface area contributed by atoms with Gasteiger partial charge in [-0.15, -0.1) is 0 Å². The molecular weight excluding hydrogens is 361 g/mol. The maximum absolute atomic E-state index is 13.5. The highest BCUT2D eigenvalue weighted by Gasteiger charge is 2.24. The van der Waals surface area contributed by atoms with Gasteiger partial charge in [-0.05, 0) is 37.1 Å². The van der Waals surface area contributed by atoms with Crippen molar-refractivity contribution < 1.29 is 18.7 Å². The van der Waals surface area contributed by atoms with E-state index in [2.05, 4.69) is 4.98 Å². The predicted octanol–water partition coefficient (Wildman–Crippen LogP) is 3.45. The van der Waals surface area contributed by atoms with Crippen LogP contribution in [-0.4, -0.2) is 40.7 Å². The van der Waals surface area contributed by atoms with E-state index in [1.165, 1.54) is 17.0 Å². The number of amides is 1. The fourth-order valence-corrected chi connectivity index (χ4v) is 3.39. The Labute approximate surface area is 162 Å². The molecule has 0 saturated heterocycles. The van der Waals surface area contributed by atoms with Crippen molar-refractivity contribution >= 4 is 16.9 Å². The second-order valence-corrected chi connectivity index (χ2v) is 7.22. The number of nitrogens with zero attached hydrogens (tertiary/aromatic N) is 3. The Kier molecular flexibility index (Phi) is 4.45. The van der Waals surface area contributed by atoms with Crippen molar-refractivity contribution in [1.82, 2.24) is 14.5 Å². The average molecular weight is 383 g/mol. The third-order valence-electron chi connectivity index (χ3n) is 5.02. The highest BCUT2D eigenvalue weighted by atomic mass is 19.1. The molecular formula is C21H22FN3O3. The molecule has 1 amide bonds. The minimum atomic E-state index is -0.579. The SMILES string of the molecule is Cc1nc2c(OC3CCc4ccc(F)cc4O3)cc(C(=O)N(C)C)cc2n1C. The van der Waals surface area contributed by atoms with Crippen molar-refractivity contribution in [3.63, 3.8) is 0 Å². The monoisotopic (exact) mass is 383 g/mol. The van der Waals surface area contributed by atoms with E-state index >= 15 is 0 Å². The van der Waals surface area contributed by atoms with E-state index in [1.807, 2.05) is 24.6 Å². The van der Waals surface area contributed by atoms with Crippen LogP contribution in [0.4, 0.5) is 4.39 Å². The van der Waals surface area contributed by atoms with E-state index in [1.54, 1.807) is 26.2 Å². The molecule has 6 nitrogen and oxygen atoms in total. The molecule has 0 radical (unpaired) electrons. The molecule has 4 rings (SSSR count). The summed E-state index contributed by atoms with van der Waals surface area (Å²) >= 11 is 0. The fourth-order valence-electron chi connectivity index (χ4n) is 3.39. The van der Waals surface area contributed by atoms with Gasteiger partial charge in [0.05, 0.1) is 5.52 Å². The van der Waals surface area contributed by atoms with Crippen LogP contribution >= 0.6 is 0 Å². The molecule has 7 heteroatoms. The average Bonchev–Trinajstić information content (AvgIpc) is 2.95. The number of hydrogen-bond donors (Lipinski definition) is 0. The van der Waals surface area contributed by atoms with E-state index in [4.69, 9.17) is 9.47 Å². The first-order valence-corrected chi connectivity index (χ1v) is 9.14. The van der Waals surface area contributed by atoms with Crippen LogP contribution < -0.4 is 9.47 Å². The third-order valence-corrected chi connectivity index (χ3v) is 5.02. The zero-order valence-corrected chi connectivity index (χ0v) is 16.3. The standard InChI is InChI=1S/C21H22FN3O3/c1-12-23-20-16(25(12)4)9-14(21(26)24(2)3)10-18(20)28-19-8-6-13-5-7-15(22)11-17(13)27-19/h5,7,9-11,19H,6,8H2,1-4H3. The molecule has 2 heterocycles. The summed E-state index contributed by atoms with van der Waals surface area (Å²) in [6, 6.07) is 8.05. The van der Waals surface area contributed by atoms with E-state index in [9.17, 15) is 9.18 Å². The van der Waals surface area contributed by atoms with Gasteiger partial charge in [0.15, 0.2) is 5.75 Å². The maximum Gasteiger partial charge on any atom is 0.253 e. The number of halogens is 1. The molecule has 28 heavy (non-hydrogen) atoms. The van der Waals surface area contributed by atoms with Gasteiger partial charge in [0.2, 0.25) is 6.29 Å². The number of fused-ring (bicyclic) bond motifs is 2. The lowest BCUT2D eigenvalue weighted by Gasteiger charge is -2.26. The zero-order valence-electron chi connectivity index (χ0n) is 16.3. The molecule has 0 aliphatic carbocycles. The van der Waals surface area contributed by atoms with Gasteiger partial charge in [-0.2, -0.15) is 0 Å². The normalized spacial score (nSPS) is 15.8. The summed E-state index contributed by atoms with van der Waals surface area (Å²) in [7, 11) is 5.31. The number of carbonyl (C=O) groups is 1. The number of aromatic nitrogens is 2. The first kappa shape index (κ1) is 18.3. The van der Waals surface area contributed by atoms with Crippen LogP contribution in [0.5, 0.6) is 11.5 Å². The van der Waals surface area contributed by atoms with Crippen LogP contribution in [0, 0.1) is 12.7 Å². The molecule has 2 aromatic carbocycles. The van der Waals surface area contributed by atoms with Gasteiger partial charge in [-0.1, -0.05) is 6.07 Å². The summed E-state index contributed by atoms with van der Waals surface area (Å²) < 4.78 is 27.4. The van der Waals surface area contributed by atoms with E-state index in [0.717, 1.165) is 23.3 Å². The summed E-state index contributed by atoms with van der Waals surface area (Å²) in [5.74, 6) is 1.32. The lowest BCUT2D eigenvalue weighted by atomic mass is 10.1. The Bertz CT molecular complexity index is 1070. The van der Waals surface area contributed by atoms with Crippen molar-refractivity contribution in [3.8, 4) is 11.5 Å². The first-order valence-electron chi connectivity index (χ1n) is 9.14. The summed E-state index contributed by atoms with van der Waals surface area (Å²) in [5, 5.41) is 0. The molecule has 0 bridgehead atoms. The second-order valence-electron chi connectivity index (χ2n) is 7.22.